The lowest BCUT2D eigenvalue weighted by atomic mass is 10.1. The second kappa shape index (κ2) is 5.16. The Morgan fingerprint density at radius 3 is 1.78 bits per heavy atom. The Morgan fingerprint density at radius 1 is 1.22 bits per heavy atom. The van der Waals surface area contributed by atoms with Crippen LogP contribution in [0.2, 0.25) is 0 Å². The van der Waals surface area contributed by atoms with E-state index >= 15 is 0 Å². The van der Waals surface area contributed by atoms with Crippen molar-refractivity contribution in [1.82, 2.24) is 0 Å². The topological polar surface area (TPSA) is 0 Å². The molecule has 0 aromatic rings. The van der Waals surface area contributed by atoms with Gasteiger partial charge in [-0.15, -0.1) is 0 Å². The monoisotopic (exact) mass is 351 g/mol. The van der Waals surface area contributed by atoms with Gasteiger partial charge in [-0.3, -0.25) is 0 Å². The van der Waals surface area contributed by atoms with Crippen molar-refractivity contribution < 1.29 is 0 Å². The standard InChI is InChI=1S/C7H13I2/c1-4-6(8)7(9)5(2)3/h4-7H,1-3H3. The van der Waals surface area contributed by atoms with Crippen LogP contribution in [0.5, 0.6) is 0 Å². The van der Waals surface area contributed by atoms with Gasteiger partial charge < -0.3 is 0 Å². The molecule has 0 spiro atoms. The third-order valence-corrected chi connectivity index (χ3v) is 6.34. The predicted octanol–water partition coefficient (Wildman–Crippen LogP) is 3.47. The van der Waals surface area contributed by atoms with Gasteiger partial charge in [0.25, 0.3) is 0 Å². The third-order valence-electron chi connectivity index (χ3n) is 1.26. The smallest absolute Gasteiger partial charge is 0.0258 e. The van der Waals surface area contributed by atoms with Crippen LogP contribution in [0, 0.1) is 12.3 Å². The van der Waals surface area contributed by atoms with Gasteiger partial charge in [-0.25, -0.2) is 0 Å². The molecule has 0 aliphatic carbocycles. The van der Waals surface area contributed by atoms with Crippen LogP contribution in [0.4, 0.5) is 0 Å². The molecule has 2 atom stereocenters. The maximum absolute atomic E-state index is 2.52. The quantitative estimate of drug-likeness (QED) is 0.540. The molecule has 2 heteroatoms. The molecule has 0 amide bonds. The van der Waals surface area contributed by atoms with Gasteiger partial charge in [0.15, 0.2) is 0 Å². The molecule has 0 bridgehead atoms. The lowest BCUT2D eigenvalue weighted by Crippen LogP contribution is -2.18. The molecule has 0 N–H and O–H groups in total. The molecule has 2 unspecified atom stereocenters. The highest BCUT2D eigenvalue weighted by atomic mass is 127. The van der Waals surface area contributed by atoms with Gasteiger partial charge in [0.1, 0.15) is 0 Å². The molecule has 0 aromatic heterocycles. The van der Waals surface area contributed by atoms with Crippen molar-refractivity contribution in [2.24, 2.45) is 5.92 Å². The highest BCUT2D eigenvalue weighted by molar-refractivity contribution is 14.1. The summed E-state index contributed by atoms with van der Waals surface area (Å²) in [6, 6.07) is 0. The Labute approximate surface area is 85.5 Å². The van der Waals surface area contributed by atoms with Gasteiger partial charge in [-0.1, -0.05) is 66.0 Å². The predicted molar refractivity (Wildman–Crippen MR) is 60.4 cm³/mol. The molecule has 0 heterocycles. The molecule has 0 saturated carbocycles. The first-order valence-electron chi connectivity index (χ1n) is 3.17. The van der Waals surface area contributed by atoms with Crippen molar-refractivity contribution in [3.63, 3.8) is 0 Å². The number of halogens is 2. The molecular formula is C7H13I2. The average Bonchev–Trinajstić information content (AvgIpc) is 1.84. The summed E-state index contributed by atoms with van der Waals surface area (Å²) in [5, 5.41) is 0. The van der Waals surface area contributed by atoms with E-state index in [0.29, 0.717) is 0 Å². The summed E-state index contributed by atoms with van der Waals surface area (Å²) in [4.78, 5) is 0. The molecule has 0 saturated heterocycles. The lowest BCUT2D eigenvalue weighted by molar-refractivity contribution is 0.635. The highest BCUT2D eigenvalue weighted by Gasteiger charge is 2.16. The van der Waals surface area contributed by atoms with Crippen LogP contribution in [-0.4, -0.2) is 7.85 Å². The van der Waals surface area contributed by atoms with Crippen molar-refractivity contribution in [2.75, 3.05) is 0 Å². The maximum atomic E-state index is 2.52. The fourth-order valence-corrected chi connectivity index (χ4v) is 1.80. The largest absolute Gasteiger partial charge is 0.0812 e. The van der Waals surface area contributed by atoms with Gasteiger partial charge in [0.05, 0.1) is 0 Å². The fraction of sp³-hybridized carbons (Fsp3) is 0.857. The van der Waals surface area contributed by atoms with Crippen molar-refractivity contribution in [1.29, 1.82) is 0 Å². The molecule has 9 heavy (non-hydrogen) atoms. The zero-order valence-corrected chi connectivity index (χ0v) is 10.4. The zero-order chi connectivity index (χ0) is 7.44. The van der Waals surface area contributed by atoms with Crippen molar-refractivity contribution in [3.8, 4) is 0 Å². The van der Waals surface area contributed by atoms with Crippen LogP contribution in [-0.2, 0) is 0 Å². The van der Waals surface area contributed by atoms with E-state index in [1.807, 2.05) is 0 Å². The molecule has 0 nitrogen and oxygen atoms in total. The van der Waals surface area contributed by atoms with E-state index in [4.69, 9.17) is 0 Å². The highest BCUT2D eigenvalue weighted by Crippen LogP contribution is 2.24. The van der Waals surface area contributed by atoms with E-state index in [0.717, 1.165) is 13.8 Å². The van der Waals surface area contributed by atoms with Crippen LogP contribution in [0.15, 0.2) is 0 Å². The molecular weight excluding hydrogens is 338 g/mol. The Morgan fingerprint density at radius 2 is 1.67 bits per heavy atom. The molecule has 0 rings (SSSR count). The Kier molecular flexibility index (Phi) is 5.99. The molecule has 55 valence electrons. The maximum Gasteiger partial charge on any atom is 0.0258 e. The Balaban J connectivity index is 3.58. The zero-order valence-electron chi connectivity index (χ0n) is 6.07. The number of hydrogen-bond donors (Lipinski definition) is 0. The molecule has 0 fully saturated rings. The van der Waals surface area contributed by atoms with Crippen LogP contribution < -0.4 is 0 Å². The van der Waals surface area contributed by atoms with Crippen LogP contribution in [0.3, 0.4) is 0 Å². The average molecular weight is 351 g/mol. The summed E-state index contributed by atoms with van der Waals surface area (Å²) < 4.78 is 1.51. The second-order valence-corrected chi connectivity index (χ2v) is 5.34. The molecule has 0 aromatic carbocycles. The van der Waals surface area contributed by atoms with Crippen molar-refractivity contribution in [3.05, 3.63) is 6.42 Å². The van der Waals surface area contributed by atoms with E-state index in [1.54, 1.807) is 0 Å². The Hall–Kier alpha value is 1.46. The number of rotatable bonds is 3. The van der Waals surface area contributed by atoms with Crippen LogP contribution >= 0.6 is 45.2 Å². The first-order valence-corrected chi connectivity index (χ1v) is 5.66. The van der Waals surface area contributed by atoms with Crippen LogP contribution in [0.1, 0.15) is 20.8 Å². The third kappa shape index (κ3) is 4.01. The van der Waals surface area contributed by atoms with E-state index in [1.165, 1.54) is 0 Å². The molecule has 1 radical (unpaired) electrons. The van der Waals surface area contributed by atoms with Crippen molar-refractivity contribution in [2.45, 2.75) is 28.6 Å². The van der Waals surface area contributed by atoms with Crippen molar-refractivity contribution >= 4 is 45.2 Å². The minimum absolute atomic E-state index is 0.725. The first-order chi connectivity index (χ1) is 4.09. The van der Waals surface area contributed by atoms with E-state index in [2.05, 4.69) is 72.4 Å². The van der Waals surface area contributed by atoms with E-state index < -0.39 is 0 Å². The minimum Gasteiger partial charge on any atom is -0.0812 e. The normalized spacial score (nSPS) is 18.0. The minimum atomic E-state index is 0.725. The lowest BCUT2D eigenvalue weighted by Gasteiger charge is -2.17. The summed E-state index contributed by atoms with van der Waals surface area (Å²) in [6.07, 6.45) is 2.26. The molecule has 0 aliphatic rings. The first kappa shape index (κ1) is 10.5. The summed E-state index contributed by atoms with van der Waals surface area (Å²) in [7, 11) is 0. The molecule has 0 aliphatic heterocycles. The van der Waals surface area contributed by atoms with Crippen LogP contribution in [0.25, 0.3) is 0 Å². The summed E-state index contributed by atoms with van der Waals surface area (Å²) >= 11 is 5.00. The summed E-state index contributed by atoms with van der Waals surface area (Å²) in [6.45, 7) is 6.67. The summed E-state index contributed by atoms with van der Waals surface area (Å²) in [5.74, 6) is 0.795. The van der Waals surface area contributed by atoms with Gasteiger partial charge in [0, 0.05) is 7.85 Å². The van der Waals surface area contributed by atoms with Gasteiger partial charge >= 0.3 is 0 Å². The Bertz CT molecular complexity index is 71.3. The second-order valence-electron chi connectivity index (χ2n) is 2.47. The fourth-order valence-electron chi connectivity index (χ4n) is 0.552. The van der Waals surface area contributed by atoms with E-state index in [-0.39, 0.29) is 0 Å². The van der Waals surface area contributed by atoms with Gasteiger partial charge in [-0.05, 0) is 12.3 Å². The van der Waals surface area contributed by atoms with Gasteiger partial charge in [-0.2, -0.15) is 0 Å². The number of alkyl halides is 2. The summed E-state index contributed by atoms with van der Waals surface area (Å²) in [5.41, 5.74) is 0. The van der Waals surface area contributed by atoms with E-state index in [9.17, 15) is 0 Å². The van der Waals surface area contributed by atoms with Gasteiger partial charge in [0.2, 0.25) is 0 Å². The number of hydrogen-bond acceptors (Lipinski definition) is 0. The SMILES string of the molecule is C[CH]C(I)C(I)C(C)C.